The minimum absolute atomic E-state index is 0.401. The number of thiophene rings is 1. The number of hydrogen-bond donors (Lipinski definition) is 2. The van der Waals surface area contributed by atoms with Crippen molar-refractivity contribution in [2.24, 2.45) is 0 Å². The number of aromatic carboxylic acids is 1. The molecule has 6 heteroatoms. The summed E-state index contributed by atoms with van der Waals surface area (Å²) in [5.74, 6) is -0.854. The van der Waals surface area contributed by atoms with Gasteiger partial charge in [0.2, 0.25) is 0 Å². The van der Waals surface area contributed by atoms with E-state index in [9.17, 15) is 4.79 Å². The monoisotopic (exact) mass is 282 g/mol. The normalized spacial score (nSPS) is 10.8. The van der Waals surface area contributed by atoms with Gasteiger partial charge in [-0.1, -0.05) is 0 Å². The fraction of sp³-hybridized carbons (Fsp3) is 0.333. The number of nitrogens with zero attached hydrogens (tertiary/aromatic N) is 1. The third-order valence-corrected chi connectivity index (χ3v) is 4.51. The molecule has 96 valence electrons. The van der Waals surface area contributed by atoms with E-state index in [4.69, 9.17) is 5.11 Å². The third-order valence-electron chi connectivity index (χ3n) is 2.52. The van der Waals surface area contributed by atoms with Gasteiger partial charge in [0.15, 0.2) is 0 Å². The van der Waals surface area contributed by atoms with Gasteiger partial charge in [-0.05, 0) is 25.5 Å². The molecule has 0 aliphatic heterocycles. The second-order valence-electron chi connectivity index (χ2n) is 3.95. The quantitative estimate of drug-likeness (QED) is 0.885. The first kappa shape index (κ1) is 13.2. The van der Waals surface area contributed by atoms with Crippen LogP contribution in [0.3, 0.4) is 0 Å². The molecule has 2 aromatic rings. The topological polar surface area (TPSA) is 62.2 Å². The smallest absolute Gasteiger partial charge is 0.345 e. The molecule has 2 heterocycles. The lowest BCUT2D eigenvalue weighted by Gasteiger charge is -2.01. The maximum Gasteiger partial charge on any atom is 0.345 e. The molecule has 0 saturated heterocycles. The largest absolute Gasteiger partial charge is 0.477 e. The van der Waals surface area contributed by atoms with Gasteiger partial charge in [0.05, 0.1) is 5.01 Å². The van der Waals surface area contributed by atoms with Crippen molar-refractivity contribution in [3.63, 3.8) is 0 Å². The molecular weight excluding hydrogens is 268 g/mol. The van der Waals surface area contributed by atoms with Crippen LogP contribution in [0.1, 0.15) is 30.0 Å². The second kappa shape index (κ2) is 5.60. The number of hydrogen-bond acceptors (Lipinski definition) is 5. The number of thiazole rings is 1. The summed E-state index contributed by atoms with van der Waals surface area (Å²) in [6.45, 7) is 5.39. The van der Waals surface area contributed by atoms with Crippen molar-refractivity contribution in [3.8, 4) is 0 Å². The minimum Gasteiger partial charge on any atom is -0.477 e. The molecule has 2 rings (SSSR count). The maximum absolute atomic E-state index is 10.8. The average molecular weight is 282 g/mol. The Hall–Kier alpha value is -1.24. The number of carboxylic acid groups (broad SMARTS) is 1. The van der Waals surface area contributed by atoms with Crippen LogP contribution in [0.5, 0.6) is 0 Å². The molecule has 0 amide bonds. The van der Waals surface area contributed by atoms with Gasteiger partial charge in [0.25, 0.3) is 0 Å². The van der Waals surface area contributed by atoms with E-state index in [-0.39, 0.29) is 0 Å². The number of rotatable bonds is 5. The van der Waals surface area contributed by atoms with E-state index in [1.165, 1.54) is 16.2 Å². The summed E-state index contributed by atoms with van der Waals surface area (Å²) in [6, 6.07) is 1.74. The highest BCUT2D eigenvalue weighted by Crippen LogP contribution is 2.21. The molecule has 0 unspecified atom stereocenters. The molecule has 0 aliphatic rings. The average Bonchev–Trinajstić information content (AvgIpc) is 2.87. The zero-order valence-corrected chi connectivity index (χ0v) is 11.8. The lowest BCUT2D eigenvalue weighted by molar-refractivity contribution is 0.0702. The van der Waals surface area contributed by atoms with Crippen molar-refractivity contribution < 1.29 is 9.90 Å². The number of carbonyl (C=O) groups is 1. The molecule has 2 aromatic heterocycles. The number of carboxylic acids is 1. The standard InChI is InChI=1S/C12H14N2O2S2/c1-7-9(3-11(17-7)12(15)16)4-13-5-10-6-14-8(2)18-10/h3,6,13H,4-5H2,1-2H3,(H,15,16). The zero-order chi connectivity index (χ0) is 13.1. The summed E-state index contributed by atoms with van der Waals surface area (Å²) < 4.78 is 0. The fourth-order valence-corrected chi connectivity index (χ4v) is 3.25. The molecule has 0 spiro atoms. The first-order valence-electron chi connectivity index (χ1n) is 5.51. The van der Waals surface area contributed by atoms with Crippen LogP contribution in [-0.4, -0.2) is 16.1 Å². The Morgan fingerprint density at radius 1 is 1.39 bits per heavy atom. The predicted octanol–water partition coefficient (Wildman–Crippen LogP) is 2.81. The van der Waals surface area contributed by atoms with Gasteiger partial charge < -0.3 is 10.4 Å². The van der Waals surface area contributed by atoms with Gasteiger partial charge in [-0.2, -0.15) is 0 Å². The number of nitrogens with one attached hydrogen (secondary N) is 1. The lowest BCUT2D eigenvalue weighted by atomic mass is 10.2. The minimum atomic E-state index is -0.854. The molecule has 0 saturated carbocycles. The van der Waals surface area contributed by atoms with Crippen molar-refractivity contribution in [3.05, 3.63) is 37.5 Å². The Bertz CT molecular complexity index is 560. The van der Waals surface area contributed by atoms with E-state index in [1.807, 2.05) is 20.0 Å². The van der Waals surface area contributed by atoms with Crippen LogP contribution in [0.15, 0.2) is 12.3 Å². The van der Waals surface area contributed by atoms with Crippen LogP contribution >= 0.6 is 22.7 Å². The summed E-state index contributed by atoms with van der Waals surface area (Å²) in [5, 5.41) is 13.3. The van der Waals surface area contributed by atoms with E-state index in [0.717, 1.165) is 22.0 Å². The molecule has 0 fully saturated rings. The molecule has 0 aromatic carbocycles. The molecular formula is C12H14N2O2S2. The van der Waals surface area contributed by atoms with Crippen LogP contribution in [-0.2, 0) is 13.1 Å². The van der Waals surface area contributed by atoms with Crippen molar-refractivity contribution in [2.75, 3.05) is 0 Å². The SMILES string of the molecule is Cc1ncc(CNCc2cc(C(=O)O)sc2C)s1. The highest BCUT2D eigenvalue weighted by atomic mass is 32.1. The Morgan fingerprint density at radius 3 is 2.72 bits per heavy atom. The van der Waals surface area contributed by atoms with Crippen LogP contribution in [0.25, 0.3) is 0 Å². The maximum atomic E-state index is 10.8. The van der Waals surface area contributed by atoms with Gasteiger partial charge in [-0.25, -0.2) is 9.78 Å². The van der Waals surface area contributed by atoms with Crippen molar-refractivity contribution in [1.82, 2.24) is 10.3 Å². The molecule has 2 N–H and O–H groups in total. The predicted molar refractivity (Wildman–Crippen MR) is 73.4 cm³/mol. The Kier molecular flexibility index (Phi) is 4.11. The zero-order valence-electron chi connectivity index (χ0n) is 10.2. The molecule has 0 bridgehead atoms. The van der Waals surface area contributed by atoms with Crippen molar-refractivity contribution >= 4 is 28.6 Å². The fourth-order valence-electron chi connectivity index (χ4n) is 1.61. The van der Waals surface area contributed by atoms with E-state index in [2.05, 4.69) is 10.3 Å². The van der Waals surface area contributed by atoms with E-state index in [0.29, 0.717) is 11.4 Å². The summed E-state index contributed by atoms with van der Waals surface area (Å²) in [4.78, 5) is 17.7. The third kappa shape index (κ3) is 3.16. The molecule has 0 radical (unpaired) electrons. The van der Waals surface area contributed by atoms with Gasteiger partial charge in [-0.15, -0.1) is 22.7 Å². The van der Waals surface area contributed by atoms with Crippen LogP contribution in [0.2, 0.25) is 0 Å². The Balaban J connectivity index is 1.92. The van der Waals surface area contributed by atoms with Crippen LogP contribution in [0, 0.1) is 13.8 Å². The lowest BCUT2D eigenvalue weighted by Crippen LogP contribution is -2.11. The van der Waals surface area contributed by atoms with Crippen LogP contribution in [0.4, 0.5) is 0 Å². The Morgan fingerprint density at radius 2 is 2.17 bits per heavy atom. The second-order valence-corrected chi connectivity index (χ2v) is 6.52. The van der Waals surface area contributed by atoms with Crippen molar-refractivity contribution in [1.29, 1.82) is 0 Å². The van der Waals surface area contributed by atoms with Crippen LogP contribution < -0.4 is 5.32 Å². The summed E-state index contributed by atoms with van der Waals surface area (Å²) in [7, 11) is 0. The molecule has 0 atom stereocenters. The van der Waals surface area contributed by atoms with Gasteiger partial charge in [0.1, 0.15) is 4.88 Å². The van der Waals surface area contributed by atoms with Gasteiger partial charge >= 0.3 is 5.97 Å². The summed E-state index contributed by atoms with van der Waals surface area (Å²) >= 11 is 3.00. The van der Waals surface area contributed by atoms with E-state index >= 15 is 0 Å². The highest BCUT2D eigenvalue weighted by Gasteiger charge is 2.10. The van der Waals surface area contributed by atoms with Crippen molar-refractivity contribution in [2.45, 2.75) is 26.9 Å². The van der Waals surface area contributed by atoms with Gasteiger partial charge in [-0.3, -0.25) is 0 Å². The first-order valence-corrected chi connectivity index (χ1v) is 7.14. The van der Waals surface area contributed by atoms with E-state index in [1.54, 1.807) is 17.4 Å². The molecule has 18 heavy (non-hydrogen) atoms. The summed E-state index contributed by atoms with van der Waals surface area (Å²) in [5.41, 5.74) is 1.05. The Labute approximate surface area is 113 Å². The summed E-state index contributed by atoms with van der Waals surface area (Å²) in [6.07, 6.45) is 1.87. The van der Waals surface area contributed by atoms with Gasteiger partial charge in [0, 0.05) is 29.0 Å². The molecule has 0 aliphatic carbocycles. The van der Waals surface area contributed by atoms with E-state index < -0.39 is 5.97 Å². The molecule has 4 nitrogen and oxygen atoms in total. The highest BCUT2D eigenvalue weighted by molar-refractivity contribution is 7.14. The number of aryl methyl sites for hydroxylation is 2. The number of aromatic nitrogens is 1. The first-order chi connectivity index (χ1) is 8.56.